The molecular formula is C20H19N3O6. The summed E-state index contributed by atoms with van der Waals surface area (Å²) in [4.78, 5) is 46.2. The van der Waals surface area contributed by atoms with E-state index in [1.54, 1.807) is 43.3 Å². The van der Waals surface area contributed by atoms with Crippen molar-refractivity contribution in [2.75, 3.05) is 11.9 Å². The van der Waals surface area contributed by atoms with E-state index in [0.29, 0.717) is 11.1 Å². The summed E-state index contributed by atoms with van der Waals surface area (Å²) in [7, 11) is 0. The maximum atomic E-state index is 12.3. The van der Waals surface area contributed by atoms with Crippen LogP contribution in [0.4, 0.5) is 11.4 Å². The minimum absolute atomic E-state index is 0.0106. The summed E-state index contributed by atoms with van der Waals surface area (Å²) in [5, 5.41) is 15.8. The van der Waals surface area contributed by atoms with Crippen molar-refractivity contribution in [3.63, 3.8) is 0 Å². The lowest BCUT2D eigenvalue weighted by atomic mass is 10.2. The third-order valence-electron chi connectivity index (χ3n) is 3.60. The molecule has 0 unspecified atom stereocenters. The Balaban J connectivity index is 2.06. The van der Waals surface area contributed by atoms with Crippen LogP contribution in [-0.4, -0.2) is 29.3 Å². The summed E-state index contributed by atoms with van der Waals surface area (Å²) in [6.07, 6.45) is 1.41. The van der Waals surface area contributed by atoms with Gasteiger partial charge in [-0.05, 0) is 30.2 Å². The Morgan fingerprint density at radius 1 is 1.14 bits per heavy atom. The number of carbonyl (C=O) groups is 3. The van der Waals surface area contributed by atoms with Gasteiger partial charge in [0.05, 0.1) is 4.92 Å². The SMILES string of the molecule is CC(=O)N/C(=C\c1ccccc1)C(=O)OCC(=O)Nc1ccc(C)cc1[N+](=O)[O-]. The zero-order chi connectivity index (χ0) is 21.4. The molecule has 2 N–H and O–H groups in total. The van der Waals surface area contributed by atoms with Crippen molar-refractivity contribution in [1.29, 1.82) is 0 Å². The van der Waals surface area contributed by atoms with Crippen molar-refractivity contribution in [3.8, 4) is 0 Å². The molecule has 9 heteroatoms. The fourth-order valence-electron chi connectivity index (χ4n) is 2.35. The molecule has 0 heterocycles. The second kappa shape index (κ2) is 9.79. The van der Waals surface area contributed by atoms with E-state index in [0.717, 1.165) is 0 Å². The van der Waals surface area contributed by atoms with E-state index in [1.165, 1.54) is 25.1 Å². The molecule has 9 nitrogen and oxygen atoms in total. The summed E-state index contributed by atoms with van der Waals surface area (Å²) in [5.74, 6) is -2.16. The van der Waals surface area contributed by atoms with E-state index >= 15 is 0 Å². The first-order valence-corrected chi connectivity index (χ1v) is 8.52. The van der Waals surface area contributed by atoms with E-state index in [2.05, 4.69) is 10.6 Å². The number of nitrogens with zero attached hydrogens (tertiary/aromatic N) is 1. The van der Waals surface area contributed by atoms with Crippen LogP contribution >= 0.6 is 0 Å². The van der Waals surface area contributed by atoms with E-state index in [-0.39, 0.29) is 17.1 Å². The molecule has 2 aromatic carbocycles. The topological polar surface area (TPSA) is 128 Å². The first kappa shape index (κ1) is 21.3. The van der Waals surface area contributed by atoms with Gasteiger partial charge in [0.15, 0.2) is 6.61 Å². The Labute approximate surface area is 166 Å². The molecule has 0 fully saturated rings. The van der Waals surface area contributed by atoms with Gasteiger partial charge in [0.25, 0.3) is 11.6 Å². The van der Waals surface area contributed by atoms with Crippen LogP contribution in [0.15, 0.2) is 54.2 Å². The Bertz CT molecular complexity index is 969. The summed E-state index contributed by atoms with van der Waals surface area (Å²) in [6, 6.07) is 13.1. The zero-order valence-electron chi connectivity index (χ0n) is 15.8. The van der Waals surface area contributed by atoms with Gasteiger partial charge in [0.1, 0.15) is 11.4 Å². The monoisotopic (exact) mass is 397 g/mol. The average Bonchev–Trinajstić information content (AvgIpc) is 2.67. The number of ether oxygens (including phenoxy) is 1. The predicted octanol–water partition coefficient (Wildman–Crippen LogP) is 2.56. The molecule has 0 radical (unpaired) electrons. The number of hydrogen-bond donors (Lipinski definition) is 2. The van der Waals surface area contributed by atoms with Gasteiger partial charge in [-0.15, -0.1) is 0 Å². The fourth-order valence-corrected chi connectivity index (χ4v) is 2.35. The molecule has 0 atom stereocenters. The van der Waals surface area contributed by atoms with Crippen LogP contribution in [0, 0.1) is 17.0 Å². The quantitative estimate of drug-likeness (QED) is 0.320. The van der Waals surface area contributed by atoms with E-state index in [9.17, 15) is 24.5 Å². The number of benzene rings is 2. The Morgan fingerprint density at radius 3 is 2.45 bits per heavy atom. The van der Waals surface area contributed by atoms with Gasteiger partial charge in [-0.2, -0.15) is 0 Å². The molecule has 29 heavy (non-hydrogen) atoms. The molecule has 0 saturated heterocycles. The van der Waals surface area contributed by atoms with Crippen LogP contribution in [0.2, 0.25) is 0 Å². The van der Waals surface area contributed by atoms with Gasteiger partial charge in [-0.25, -0.2) is 4.79 Å². The maximum Gasteiger partial charge on any atom is 0.355 e. The van der Waals surface area contributed by atoms with E-state index in [1.807, 2.05) is 0 Å². The molecule has 2 aromatic rings. The standard InChI is InChI=1S/C20H19N3O6/c1-13-8-9-16(18(10-13)23(27)28)22-19(25)12-29-20(26)17(21-14(2)24)11-15-6-4-3-5-7-15/h3-11H,12H2,1-2H3,(H,21,24)(H,22,25)/b17-11-. The average molecular weight is 397 g/mol. The molecule has 0 aliphatic heterocycles. The Kier molecular flexibility index (Phi) is 7.19. The number of nitro groups is 1. The molecule has 0 spiro atoms. The van der Waals surface area contributed by atoms with Crippen LogP contribution in [0.3, 0.4) is 0 Å². The Morgan fingerprint density at radius 2 is 1.83 bits per heavy atom. The number of nitro benzene ring substituents is 1. The maximum absolute atomic E-state index is 12.3. The molecule has 150 valence electrons. The highest BCUT2D eigenvalue weighted by molar-refractivity contribution is 6.00. The minimum Gasteiger partial charge on any atom is -0.451 e. The number of esters is 1. The largest absolute Gasteiger partial charge is 0.451 e. The second-order valence-electron chi connectivity index (χ2n) is 6.05. The highest BCUT2D eigenvalue weighted by atomic mass is 16.6. The van der Waals surface area contributed by atoms with E-state index < -0.39 is 29.3 Å². The second-order valence-corrected chi connectivity index (χ2v) is 6.05. The van der Waals surface area contributed by atoms with Crippen molar-refractivity contribution in [2.45, 2.75) is 13.8 Å². The first-order valence-electron chi connectivity index (χ1n) is 8.52. The molecule has 0 aliphatic carbocycles. The fraction of sp³-hybridized carbons (Fsp3) is 0.150. The number of carbonyl (C=O) groups excluding carboxylic acids is 3. The van der Waals surface area contributed by atoms with E-state index in [4.69, 9.17) is 4.74 Å². The lowest BCUT2D eigenvalue weighted by Crippen LogP contribution is -2.29. The third-order valence-corrected chi connectivity index (χ3v) is 3.60. The van der Waals surface area contributed by atoms with Gasteiger partial charge < -0.3 is 15.4 Å². The minimum atomic E-state index is -0.919. The molecule has 2 amide bonds. The summed E-state index contributed by atoms with van der Waals surface area (Å²) < 4.78 is 4.93. The molecule has 0 aromatic heterocycles. The summed E-state index contributed by atoms with van der Waals surface area (Å²) >= 11 is 0. The van der Waals surface area contributed by atoms with Gasteiger partial charge in [0.2, 0.25) is 5.91 Å². The van der Waals surface area contributed by atoms with Crippen LogP contribution < -0.4 is 10.6 Å². The van der Waals surface area contributed by atoms with Crippen LogP contribution in [0.1, 0.15) is 18.1 Å². The number of hydrogen-bond acceptors (Lipinski definition) is 6. The molecule has 0 saturated carbocycles. The van der Waals surface area contributed by atoms with Crippen LogP contribution in [-0.2, 0) is 19.1 Å². The third kappa shape index (κ3) is 6.58. The molecular weight excluding hydrogens is 378 g/mol. The number of nitrogens with one attached hydrogen (secondary N) is 2. The van der Waals surface area contributed by atoms with Crippen molar-refractivity contribution in [2.24, 2.45) is 0 Å². The number of amides is 2. The van der Waals surface area contributed by atoms with Crippen LogP contribution in [0.25, 0.3) is 6.08 Å². The lowest BCUT2D eigenvalue weighted by Gasteiger charge is -2.10. The highest BCUT2D eigenvalue weighted by Crippen LogP contribution is 2.25. The van der Waals surface area contributed by atoms with Gasteiger partial charge in [-0.3, -0.25) is 19.7 Å². The molecule has 0 bridgehead atoms. The summed E-state index contributed by atoms with van der Waals surface area (Å²) in [5.41, 5.74) is 0.883. The normalized spacial score (nSPS) is 10.8. The lowest BCUT2D eigenvalue weighted by molar-refractivity contribution is -0.384. The smallest absolute Gasteiger partial charge is 0.355 e. The van der Waals surface area contributed by atoms with Gasteiger partial charge >= 0.3 is 5.97 Å². The van der Waals surface area contributed by atoms with Crippen molar-refractivity contribution in [1.82, 2.24) is 5.32 Å². The number of aryl methyl sites for hydroxylation is 1. The van der Waals surface area contributed by atoms with Crippen molar-refractivity contribution in [3.05, 3.63) is 75.5 Å². The zero-order valence-corrected chi connectivity index (χ0v) is 15.8. The molecule has 0 aliphatic rings. The predicted molar refractivity (Wildman–Crippen MR) is 106 cm³/mol. The highest BCUT2D eigenvalue weighted by Gasteiger charge is 2.18. The first-order chi connectivity index (χ1) is 13.8. The number of rotatable bonds is 7. The van der Waals surface area contributed by atoms with Crippen molar-refractivity contribution >= 4 is 35.2 Å². The van der Waals surface area contributed by atoms with Gasteiger partial charge in [-0.1, -0.05) is 36.4 Å². The van der Waals surface area contributed by atoms with Crippen molar-refractivity contribution < 1.29 is 24.0 Å². The molecule has 2 rings (SSSR count). The van der Waals surface area contributed by atoms with Gasteiger partial charge in [0, 0.05) is 13.0 Å². The summed E-state index contributed by atoms with van der Waals surface area (Å²) in [6.45, 7) is 2.23. The Hall–Kier alpha value is -4.01. The number of anilines is 1. The van der Waals surface area contributed by atoms with Crippen LogP contribution in [0.5, 0.6) is 0 Å².